The van der Waals surface area contributed by atoms with Gasteiger partial charge in [0.2, 0.25) is 5.91 Å². The standard InChI is InChI=1S/C12H14N2O3/c1-8(2)6-12(15)13-11-5-4-10(14(16)17)7-9(11)3/h4-7H,1-3H3,(H,13,15). The lowest BCUT2D eigenvalue weighted by atomic mass is 10.1. The van der Waals surface area contributed by atoms with E-state index in [1.54, 1.807) is 6.92 Å². The number of hydrogen-bond donors (Lipinski definition) is 1. The Morgan fingerprint density at radius 1 is 1.41 bits per heavy atom. The molecule has 0 saturated carbocycles. The molecule has 0 aliphatic heterocycles. The van der Waals surface area contributed by atoms with Crippen LogP contribution in [0.1, 0.15) is 19.4 Å². The second-order valence-corrected chi connectivity index (χ2v) is 3.97. The topological polar surface area (TPSA) is 72.2 Å². The number of anilines is 1. The van der Waals surface area contributed by atoms with E-state index in [1.807, 2.05) is 13.8 Å². The number of nitrogens with one attached hydrogen (secondary N) is 1. The molecule has 17 heavy (non-hydrogen) atoms. The van der Waals surface area contributed by atoms with E-state index in [9.17, 15) is 14.9 Å². The van der Waals surface area contributed by atoms with Gasteiger partial charge in [0.15, 0.2) is 0 Å². The highest BCUT2D eigenvalue weighted by molar-refractivity contribution is 6.00. The third-order valence-electron chi connectivity index (χ3n) is 2.10. The first-order valence-electron chi connectivity index (χ1n) is 5.11. The van der Waals surface area contributed by atoms with E-state index in [2.05, 4.69) is 5.32 Å². The Labute approximate surface area is 99.3 Å². The van der Waals surface area contributed by atoms with Crippen LogP contribution in [0.3, 0.4) is 0 Å². The van der Waals surface area contributed by atoms with E-state index in [1.165, 1.54) is 24.3 Å². The molecule has 0 aromatic heterocycles. The number of aryl methyl sites for hydroxylation is 1. The molecule has 0 spiro atoms. The molecule has 0 heterocycles. The maximum absolute atomic E-state index is 11.5. The molecule has 1 aromatic carbocycles. The van der Waals surface area contributed by atoms with Crippen LogP contribution in [-0.2, 0) is 4.79 Å². The molecule has 0 atom stereocenters. The summed E-state index contributed by atoms with van der Waals surface area (Å²) in [4.78, 5) is 21.5. The molecule has 0 aliphatic carbocycles. The van der Waals surface area contributed by atoms with E-state index in [0.29, 0.717) is 11.3 Å². The van der Waals surface area contributed by atoms with E-state index < -0.39 is 4.92 Å². The Morgan fingerprint density at radius 2 is 2.06 bits per heavy atom. The van der Waals surface area contributed by atoms with Crippen LogP contribution in [0.15, 0.2) is 29.8 Å². The lowest BCUT2D eigenvalue weighted by Crippen LogP contribution is -2.09. The van der Waals surface area contributed by atoms with Crippen LogP contribution in [0, 0.1) is 17.0 Å². The van der Waals surface area contributed by atoms with Crippen molar-refractivity contribution in [3.63, 3.8) is 0 Å². The van der Waals surface area contributed by atoms with Crippen molar-refractivity contribution >= 4 is 17.3 Å². The molecular weight excluding hydrogens is 220 g/mol. The molecular formula is C12H14N2O3. The van der Waals surface area contributed by atoms with Gasteiger partial charge in [-0.2, -0.15) is 0 Å². The third kappa shape index (κ3) is 3.71. The molecule has 0 unspecified atom stereocenters. The molecule has 1 aromatic rings. The fraction of sp³-hybridized carbons (Fsp3) is 0.250. The van der Waals surface area contributed by atoms with E-state index in [0.717, 1.165) is 5.57 Å². The minimum Gasteiger partial charge on any atom is -0.322 e. The lowest BCUT2D eigenvalue weighted by Gasteiger charge is -2.06. The predicted molar refractivity (Wildman–Crippen MR) is 65.9 cm³/mol. The quantitative estimate of drug-likeness (QED) is 0.496. The highest BCUT2D eigenvalue weighted by Crippen LogP contribution is 2.21. The molecule has 90 valence electrons. The van der Waals surface area contributed by atoms with Gasteiger partial charge in [-0.25, -0.2) is 0 Å². The summed E-state index contributed by atoms with van der Waals surface area (Å²) >= 11 is 0. The van der Waals surface area contributed by atoms with Gasteiger partial charge < -0.3 is 5.32 Å². The van der Waals surface area contributed by atoms with Crippen molar-refractivity contribution in [2.75, 3.05) is 5.32 Å². The second-order valence-electron chi connectivity index (χ2n) is 3.97. The van der Waals surface area contributed by atoms with Crippen LogP contribution < -0.4 is 5.32 Å². The zero-order chi connectivity index (χ0) is 13.0. The number of nitrogens with zero attached hydrogens (tertiary/aromatic N) is 1. The minimum absolute atomic E-state index is 0.0164. The number of amides is 1. The SMILES string of the molecule is CC(C)=CC(=O)Nc1ccc([N+](=O)[O-])cc1C. The maximum Gasteiger partial charge on any atom is 0.269 e. The monoisotopic (exact) mass is 234 g/mol. The number of allylic oxidation sites excluding steroid dienone is 1. The minimum atomic E-state index is -0.464. The first kappa shape index (κ1) is 12.9. The average molecular weight is 234 g/mol. The van der Waals surface area contributed by atoms with Gasteiger partial charge in [-0.05, 0) is 32.4 Å². The van der Waals surface area contributed by atoms with Crippen molar-refractivity contribution in [2.45, 2.75) is 20.8 Å². The van der Waals surface area contributed by atoms with E-state index in [4.69, 9.17) is 0 Å². The normalized spacial score (nSPS) is 9.59. The van der Waals surface area contributed by atoms with Crippen LogP contribution in [0.5, 0.6) is 0 Å². The molecule has 1 N–H and O–H groups in total. The second kappa shape index (κ2) is 5.25. The average Bonchev–Trinajstić information content (AvgIpc) is 2.19. The Hall–Kier alpha value is -2.17. The predicted octanol–water partition coefficient (Wildman–Crippen LogP) is 2.81. The van der Waals surface area contributed by atoms with Crippen molar-refractivity contribution in [1.82, 2.24) is 0 Å². The number of non-ortho nitro benzene ring substituents is 1. The van der Waals surface area contributed by atoms with Crippen LogP contribution in [-0.4, -0.2) is 10.8 Å². The van der Waals surface area contributed by atoms with Gasteiger partial charge in [0.05, 0.1) is 4.92 Å². The van der Waals surface area contributed by atoms with Gasteiger partial charge in [0.1, 0.15) is 0 Å². The number of rotatable bonds is 3. The summed E-state index contributed by atoms with van der Waals surface area (Å²) in [6.45, 7) is 5.36. The zero-order valence-corrected chi connectivity index (χ0v) is 9.98. The Balaban J connectivity index is 2.90. The summed E-state index contributed by atoms with van der Waals surface area (Å²) in [7, 11) is 0. The molecule has 1 rings (SSSR count). The number of carbonyl (C=O) groups excluding carboxylic acids is 1. The first-order chi connectivity index (χ1) is 7.90. The summed E-state index contributed by atoms with van der Waals surface area (Å²) < 4.78 is 0. The summed E-state index contributed by atoms with van der Waals surface area (Å²) in [5.74, 6) is -0.234. The van der Waals surface area contributed by atoms with Crippen LogP contribution in [0.2, 0.25) is 0 Å². The molecule has 0 fully saturated rings. The van der Waals surface area contributed by atoms with E-state index >= 15 is 0 Å². The number of carbonyl (C=O) groups is 1. The first-order valence-corrected chi connectivity index (χ1v) is 5.11. The van der Waals surface area contributed by atoms with E-state index in [-0.39, 0.29) is 11.6 Å². The molecule has 0 radical (unpaired) electrons. The molecule has 0 aliphatic rings. The van der Waals surface area contributed by atoms with Gasteiger partial charge in [-0.1, -0.05) is 5.57 Å². The summed E-state index contributed by atoms with van der Waals surface area (Å²) in [6, 6.07) is 4.33. The van der Waals surface area contributed by atoms with Gasteiger partial charge in [0, 0.05) is 23.9 Å². The largest absolute Gasteiger partial charge is 0.322 e. The highest BCUT2D eigenvalue weighted by Gasteiger charge is 2.08. The van der Waals surface area contributed by atoms with Crippen molar-refractivity contribution < 1.29 is 9.72 Å². The van der Waals surface area contributed by atoms with Gasteiger partial charge in [-0.15, -0.1) is 0 Å². The summed E-state index contributed by atoms with van der Waals surface area (Å²) in [5, 5.41) is 13.2. The lowest BCUT2D eigenvalue weighted by molar-refractivity contribution is -0.384. The maximum atomic E-state index is 11.5. The van der Waals surface area contributed by atoms with Crippen molar-refractivity contribution in [1.29, 1.82) is 0 Å². The highest BCUT2D eigenvalue weighted by atomic mass is 16.6. The summed E-state index contributed by atoms with van der Waals surface area (Å²) in [6.07, 6.45) is 1.47. The number of nitro groups is 1. The number of benzene rings is 1. The molecule has 5 nitrogen and oxygen atoms in total. The third-order valence-corrected chi connectivity index (χ3v) is 2.10. The molecule has 0 bridgehead atoms. The molecule has 1 amide bonds. The van der Waals surface area contributed by atoms with Crippen LogP contribution >= 0.6 is 0 Å². The van der Waals surface area contributed by atoms with Crippen LogP contribution in [0.4, 0.5) is 11.4 Å². The van der Waals surface area contributed by atoms with Crippen LogP contribution in [0.25, 0.3) is 0 Å². The Kier molecular flexibility index (Phi) is 3.98. The van der Waals surface area contributed by atoms with Crippen molar-refractivity contribution in [3.05, 3.63) is 45.5 Å². The smallest absolute Gasteiger partial charge is 0.269 e. The van der Waals surface area contributed by atoms with Gasteiger partial charge >= 0.3 is 0 Å². The van der Waals surface area contributed by atoms with Crippen molar-refractivity contribution in [2.24, 2.45) is 0 Å². The zero-order valence-electron chi connectivity index (χ0n) is 9.98. The van der Waals surface area contributed by atoms with Gasteiger partial charge in [-0.3, -0.25) is 14.9 Å². The number of nitro benzene ring substituents is 1. The molecule has 0 saturated heterocycles. The Morgan fingerprint density at radius 3 is 2.53 bits per heavy atom. The fourth-order valence-corrected chi connectivity index (χ4v) is 1.33. The van der Waals surface area contributed by atoms with Gasteiger partial charge in [0.25, 0.3) is 5.69 Å². The van der Waals surface area contributed by atoms with Crippen molar-refractivity contribution in [3.8, 4) is 0 Å². The Bertz CT molecular complexity index is 489. The summed E-state index contributed by atoms with van der Waals surface area (Å²) in [5.41, 5.74) is 2.15. The number of hydrogen-bond acceptors (Lipinski definition) is 3. The fourth-order valence-electron chi connectivity index (χ4n) is 1.33. The molecule has 5 heteroatoms.